The Labute approximate surface area is 296 Å². The van der Waals surface area contributed by atoms with Gasteiger partial charge in [-0.1, -0.05) is 29.4 Å². The monoisotopic (exact) mass is 738 g/mol. The molecule has 0 saturated heterocycles. The molecule has 52 heavy (non-hydrogen) atoms. The van der Waals surface area contributed by atoms with E-state index in [1.54, 1.807) is 12.1 Å². The number of halogens is 7. The summed E-state index contributed by atoms with van der Waals surface area (Å²) < 4.78 is 89.6. The highest BCUT2D eigenvalue weighted by Crippen LogP contribution is 2.57. The Kier molecular flexibility index (Phi) is 8.43. The van der Waals surface area contributed by atoms with Crippen LogP contribution < -0.4 is 11.1 Å². The number of nitrogens with two attached hydrogens (primary N) is 1. The quantitative estimate of drug-likeness (QED) is 0.109. The van der Waals surface area contributed by atoms with Crippen molar-refractivity contribution < 1.29 is 36.2 Å². The van der Waals surface area contributed by atoms with E-state index in [1.807, 2.05) is 0 Å². The van der Waals surface area contributed by atoms with Crippen LogP contribution in [0.5, 0.6) is 0 Å². The summed E-state index contributed by atoms with van der Waals surface area (Å²) in [5.41, 5.74) is 3.49. The Bertz CT molecular complexity index is 2400. The molecule has 0 radical (unpaired) electrons. The molecule has 0 aliphatic heterocycles. The number of carbonyl (C=O) groups excluding carboxylic acids is 1. The molecule has 2 aliphatic rings. The number of aliphatic hydroxyl groups is 1. The molecule has 4 aromatic heterocycles. The van der Waals surface area contributed by atoms with Crippen LogP contribution in [-0.2, 0) is 23.7 Å². The van der Waals surface area contributed by atoms with E-state index >= 15 is 8.78 Å². The molecule has 1 aromatic carbocycles. The predicted octanol–water partition coefficient (Wildman–Crippen LogP) is 5.48. The lowest BCUT2D eigenvalue weighted by atomic mass is 9.84. The van der Waals surface area contributed by atoms with Gasteiger partial charge in [-0.2, -0.15) is 13.9 Å². The Morgan fingerprint density at radius 2 is 1.81 bits per heavy atom. The molecule has 4 heterocycles. The first-order valence-electron chi connectivity index (χ1n) is 15.6. The van der Waals surface area contributed by atoms with Crippen LogP contribution in [0.25, 0.3) is 16.8 Å². The van der Waals surface area contributed by atoms with Gasteiger partial charge in [0.1, 0.15) is 51.9 Å². The normalized spacial score (nSPS) is 17.4. The molecular weight excluding hydrogens is 714 g/mol. The second-order valence-corrected chi connectivity index (χ2v) is 13.2. The molecule has 0 spiro atoms. The fourth-order valence-electron chi connectivity index (χ4n) is 6.37. The van der Waals surface area contributed by atoms with Crippen molar-refractivity contribution in [1.82, 2.24) is 34.7 Å². The summed E-state index contributed by atoms with van der Waals surface area (Å²) in [5, 5.41) is 24.8. The van der Waals surface area contributed by atoms with Gasteiger partial charge in [-0.15, -0.1) is 10.2 Å². The lowest BCUT2D eigenvalue weighted by Crippen LogP contribution is -2.36. The molecule has 5 aromatic rings. The molecule has 0 saturated carbocycles. The Hall–Kier alpha value is -5.58. The zero-order valence-electron chi connectivity index (χ0n) is 27.0. The van der Waals surface area contributed by atoms with Crippen LogP contribution in [0.3, 0.4) is 0 Å². The molecule has 266 valence electrons. The molecule has 4 N–H and O–H groups in total. The summed E-state index contributed by atoms with van der Waals surface area (Å²) in [4.78, 5) is 18.5. The topological polar surface area (TPSA) is 136 Å². The van der Waals surface area contributed by atoms with E-state index in [0.717, 1.165) is 12.1 Å². The van der Waals surface area contributed by atoms with Gasteiger partial charge in [0.25, 0.3) is 6.43 Å². The minimum atomic E-state index is -3.66. The van der Waals surface area contributed by atoms with Gasteiger partial charge in [-0.25, -0.2) is 22.5 Å². The summed E-state index contributed by atoms with van der Waals surface area (Å²) in [7, 11) is 0. The van der Waals surface area contributed by atoms with E-state index in [1.165, 1.54) is 30.4 Å². The lowest BCUT2D eigenvalue weighted by Gasteiger charge is -2.24. The van der Waals surface area contributed by atoms with Crippen molar-refractivity contribution in [2.45, 2.75) is 56.7 Å². The third-order valence-electron chi connectivity index (χ3n) is 8.53. The number of anilines is 1. The summed E-state index contributed by atoms with van der Waals surface area (Å²) in [6.45, 7) is 1.96. The number of rotatable bonds is 8. The highest BCUT2D eigenvalue weighted by molar-refractivity contribution is 6.30. The van der Waals surface area contributed by atoms with Crippen LogP contribution in [0.2, 0.25) is 5.15 Å². The Morgan fingerprint density at radius 3 is 2.46 bits per heavy atom. The van der Waals surface area contributed by atoms with Gasteiger partial charge >= 0.3 is 5.92 Å². The van der Waals surface area contributed by atoms with Gasteiger partial charge in [0.2, 0.25) is 11.9 Å². The second-order valence-electron chi connectivity index (χ2n) is 12.8. The van der Waals surface area contributed by atoms with E-state index in [0.29, 0.717) is 21.9 Å². The smallest absolute Gasteiger partial charge is 0.304 e. The number of aromatic nitrogens is 6. The fourth-order valence-corrected chi connectivity index (χ4v) is 6.60. The van der Waals surface area contributed by atoms with Crippen molar-refractivity contribution in [1.29, 1.82) is 0 Å². The average molecular weight is 739 g/mol. The highest BCUT2D eigenvalue weighted by atomic mass is 35.5. The maximum atomic E-state index is 15.4. The number of hydrogen-bond donors (Lipinski definition) is 3. The second kappa shape index (κ2) is 12.6. The van der Waals surface area contributed by atoms with Gasteiger partial charge in [0.15, 0.2) is 5.65 Å². The number of nitrogen functional groups attached to an aromatic ring is 1. The lowest BCUT2D eigenvalue weighted by molar-refractivity contribution is -0.123. The van der Waals surface area contributed by atoms with Crippen molar-refractivity contribution in [3.05, 3.63) is 93.2 Å². The number of nitrogens with one attached hydrogen (secondary N) is 1. The number of hydrogen-bond acceptors (Lipinski definition) is 7. The summed E-state index contributed by atoms with van der Waals surface area (Å²) >= 11 is 6.36. The van der Waals surface area contributed by atoms with Gasteiger partial charge < -0.3 is 16.2 Å². The largest absolute Gasteiger partial charge is 0.378 e. The minimum absolute atomic E-state index is 0.0466. The first-order valence-corrected chi connectivity index (χ1v) is 16.0. The van der Waals surface area contributed by atoms with Crippen molar-refractivity contribution in [2.24, 2.45) is 5.92 Å². The van der Waals surface area contributed by atoms with Gasteiger partial charge in [0, 0.05) is 22.8 Å². The number of pyridine rings is 2. The Morgan fingerprint density at radius 1 is 1.10 bits per heavy atom. The standard InChI is InChI=1S/C35H25ClF6N8O2/c1-34(2,52)10-9-19-3-4-20(21-6-8-25(36)50-32(21)46-47-33(50)43)28(44-19)24(13-16-11-17(37)14-18(38)12-16)45-26(51)15-49-30-27(29(48-49)31(39)40)22-5-7-23(22)35(30,41)42/h3-4,6,8,11-12,14,22-24,31,52H,13,15H2,1-2H3,(H2,43,47)(H,45,51)/t22-,23+,24-/m0/s1. The van der Waals surface area contributed by atoms with Gasteiger partial charge in [-0.3, -0.25) is 13.9 Å². The van der Waals surface area contributed by atoms with Crippen LogP contribution in [0.1, 0.15) is 66.1 Å². The molecule has 10 nitrogen and oxygen atoms in total. The molecular formula is C35H25ClF6N8O2. The van der Waals surface area contributed by atoms with Crippen molar-refractivity contribution in [2.75, 3.05) is 5.73 Å². The number of nitrogens with zero attached hydrogens (tertiary/aromatic N) is 6. The summed E-state index contributed by atoms with van der Waals surface area (Å²) in [6, 6.07) is 7.61. The van der Waals surface area contributed by atoms with Crippen molar-refractivity contribution in [3.63, 3.8) is 0 Å². The Balaban J connectivity index is 1.35. The van der Waals surface area contributed by atoms with E-state index in [-0.39, 0.29) is 40.1 Å². The number of carbonyl (C=O) groups is 1. The number of fused-ring (bicyclic) bond motifs is 4. The van der Waals surface area contributed by atoms with Crippen LogP contribution in [-0.4, -0.2) is 46.0 Å². The minimum Gasteiger partial charge on any atom is -0.378 e. The number of amides is 1. The summed E-state index contributed by atoms with van der Waals surface area (Å²) in [5.74, 6) is 1.02. The highest BCUT2D eigenvalue weighted by Gasteiger charge is 2.60. The van der Waals surface area contributed by atoms with Crippen LogP contribution in [0.15, 0.2) is 42.5 Å². The number of benzene rings is 1. The molecule has 0 bridgehead atoms. The molecule has 3 atom stereocenters. The third kappa shape index (κ3) is 6.18. The van der Waals surface area contributed by atoms with E-state index < -0.39 is 76.9 Å². The maximum Gasteiger partial charge on any atom is 0.304 e. The van der Waals surface area contributed by atoms with E-state index in [4.69, 9.17) is 17.3 Å². The van der Waals surface area contributed by atoms with Crippen LogP contribution in [0.4, 0.5) is 32.3 Å². The predicted molar refractivity (Wildman–Crippen MR) is 175 cm³/mol. The van der Waals surface area contributed by atoms with E-state index in [2.05, 4.69) is 49.3 Å². The first kappa shape index (κ1) is 34.9. The zero-order valence-corrected chi connectivity index (χ0v) is 27.8. The molecule has 7 rings (SSSR count). The van der Waals surface area contributed by atoms with Crippen LogP contribution in [0, 0.1) is 41.2 Å². The molecule has 1 amide bonds. The molecule has 17 heteroatoms. The van der Waals surface area contributed by atoms with Crippen molar-refractivity contribution >= 4 is 29.1 Å². The molecule has 2 aliphatic carbocycles. The van der Waals surface area contributed by atoms with Crippen molar-refractivity contribution in [3.8, 4) is 34.8 Å². The maximum absolute atomic E-state index is 15.4. The molecule has 0 fully saturated rings. The van der Waals surface area contributed by atoms with E-state index in [9.17, 15) is 27.5 Å². The fraction of sp³-hybridized carbons (Fsp3) is 0.286. The average Bonchev–Trinajstić information content (AvgIpc) is 3.64. The summed E-state index contributed by atoms with van der Waals surface area (Å²) in [6.07, 6.45) is -3.53. The van der Waals surface area contributed by atoms with Gasteiger partial charge in [-0.05, 0) is 68.2 Å². The third-order valence-corrected chi connectivity index (χ3v) is 8.83. The van der Waals surface area contributed by atoms with Gasteiger partial charge in [0.05, 0.1) is 17.7 Å². The SMILES string of the molecule is CC(C)(O)C#Cc1ccc(-c2ccc(Cl)n3c(N)nnc23)c([C@H](Cc2cc(F)cc(F)c2)NC(=O)Cn2nc(C(F)F)c3c2C(F)(F)[C@@H]2C#C[C@H]32)n1. The zero-order chi connectivity index (χ0) is 37.3. The molecule has 0 unspecified atom stereocenters. The van der Waals surface area contributed by atoms with Crippen LogP contribution >= 0.6 is 11.6 Å². The first-order chi connectivity index (χ1) is 24.5. The number of alkyl halides is 4.